The monoisotopic (exact) mass is 258 g/mol. The number of fused-ring (bicyclic) bond motifs is 1. The van der Waals surface area contributed by atoms with Crippen molar-refractivity contribution in [3.8, 4) is 0 Å². The van der Waals surface area contributed by atoms with Gasteiger partial charge in [-0.1, -0.05) is 24.6 Å². The molecule has 1 heterocycles. The van der Waals surface area contributed by atoms with Gasteiger partial charge < -0.3 is 5.11 Å². The van der Waals surface area contributed by atoms with E-state index in [1.165, 1.54) is 11.5 Å². The maximum absolute atomic E-state index is 11.8. The van der Waals surface area contributed by atoms with Crippen LogP contribution in [0.1, 0.15) is 12.5 Å². The first-order valence-corrected chi connectivity index (χ1v) is 6.75. The van der Waals surface area contributed by atoms with Crippen molar-refractivity contribution in [2.75, 3.05) is 6.61 Å². The molecule has 1 aromatic rings. The van der Waals surface area contributed by atoms with Gasteiger partial charge >= 0.3 is 0 Å². The highest BCUT2D eigenvalue weighted by molar-refractivity contribution is 7.95. The fourth-order valence-electron chi connectivity index (χ4n) is 1.74. The fraction of sp³-hybridized carbons (Fsp3) is 0.273. The van der Waals surface area contributed by atoms with Crippen molar-refractivity contribution < 1.29 is 13.5 Å². The Labute approximate surface area is 99.3 Å². The number of halogens is 1. The molecule has 0 saturated carbocycles. The second kappa shape index (κ2) is 3.87. The first-order chi connectivity index (χ1) is 7.45. The number of aliphatic hydroxyl groups excluding tert-OH is 1. The van der Waals surface area contributed by atoms with Gasteiger partial charge in [0.05, 0.1) is 4.90 Å². The second-order valence-corrected chi connectivity index (χ2v) is 6.04. The molecule has 1 aliphatic rings. The summed E-state index contributed by atoms with van der Waals surface area (Å²) in [6.45, 7) is 1.70. The van der Waals surface area contributed by atoms with E-state index in [-0.39, 0.29) is 17.4 Å². The molecular formula is C11H11ClO3S. The lowest BCUT2D eigenvalue weighted by molar-refractivity contribution is 0.266. The van der Waals surface area contributed by atoms with Gasteiger partial charge in [0.1, 0.15) is 0 Å². The Kier molecular flexibility index (Phi) is 2.82. The molecule has 1 atom stereocenters. The molecule has 0 aliphatic carbocycles. The number of benzene rings is 1. The van der Waals surface area contributed by atoms with Gasteiger partial charge in [-0.15, -0.1) is 0 Å². The lowest BCUT2D eigenvalue weighted by atomic mass is 9.96. The zero-order valence-electron chi connectivity index (χ0n) is 8.64. The minimum Gasteiger partial charge on any atom is -0.396 e. The molecule has 0 aromatic heterocycles. The Hall–Kier alpha value is -0.840. The predicted octanol–water partition coefficient (Wildman–Crippen LogP) is 2.10. The number of sulfone groups is 1. The van der Waals surface area contributed by atoms with E-state index in [1.807, 2.05) is 0 Å². The van der Waals surface area contributed by atoms with E-state index in [2.05, 4.69) is 0 Å². The van der Waals surface area contributed by atoms with Gasteiger partial charge in [0, 0.05) is 23.0 Å². The van der Waals surface area contributed by atoms with Crippen LogP contribution in [-0.2, 0) is 9.84 Å². The molecule has 0 spiro atoms. The first kappa shape index (κ1) is 11.6. The zero-order valence-corrected chi connectivity index (χ0v) is 10.2. The Morgan fingerprint density at radius 3 is 2.75 bits per heavy atom. The first-order valence-electron chi connectivity index (χ1n) is 4.83. The third kappa shape index (κ3) is 1.77. The van der Waals surface area contributed by atoms with E-state index in [0.717, 1.165) is 0 Å². The molecule has 0 bridgehead atoms. The molecule has 16 heavy (non-hydrogen) atoms. The van der Waals surface area contributed by atoms with Crippen molar-refractivity contribution in [3.63, 3.8) is 0 Å². The lowest BCUT2D eigenvalue weighted by Crippen LogP contribution is -2.02. The average Bonchev–Trinajstić information content (AvgIpc) is 2.50. The Balaban J connectivity index is 2.65. The molecule has 1 aromatic carbocycles. The molecule has 86 valence electrons. The summed E-state index contributed by atoms with van der Waals surface area (Å²) >= 11 is 5.77. The van der Waals surface area contributed by atoms with Gasteiger partial charge in [-0.2, -0.15) is 0 Å². The van der Waals surface area contributed by atoms with Crippen LogP contribution in [0.5, 0.6) is 0 Å². The molecule has 1 aliphatic heterocycles. The van der Waals surface area contributed by atoms with Crippen LogP contribution in [0.4, 0.5) is 0 Å². The molecule has 0 amide bonds. The predicted molar refractivity (Wildman–Crippen MR) is 62.9 cm³/mol. The molecule has 0 saturated heterocycles. The maximum atomic E-state index is 11.8. The minimum absolute atomic E-state index is 0.0799. The van der Waals surface area contributed by atoms with Gasteiger partial charge in [0.15, 0.2) is 0 Å². The van der Waals surface area contributed by atoms with Crippen molar-refractivity contribution in [2.45, 2.75) is 11.8 Å². The summed E-state index contributed by atoms with van der Waals surface area (Å²) in [4.78, 5) is 0.232. The summed E-state index contributed by atoms with van der Waals surface area (Å²) in [7, 11) is -3.39. The van der Waals surface area contributed by atoms with Crippen LogP contribution in [0.3, 0.4) is 0 Å². The van der Waals surface area contributed by atoms with Crippen LogP contribution in [0, 0.1) is 5.92 Å². The van der Waals surface area contributed by atoms with Crippen LogP contribution < -0.4 is 0 Å². The van der Waals surface area contributed by atoms with E-state index < -0.39 is 9.84 Å². The van der Waals surface area contributed by atoms with E-state index in [4.69, 9.17) is 16.7 Å². The van der Waals surface area contributed by atoms with Crippen LogP contribution in [0.25, 0.3) is 5.57 Å². The molecule has 1 N–H and O–H groups in total. The van der Waals surface area contributed by atoms with E-state index in [0.29, 0.717) is 16.2 Å². The molecule has 2 rings (SSSR count). The van der Waals surface area contributed by atoms with E-state index >= 15 is 0 Å². The molecular weight excluding hydrogens is 248 g/mol. The van der Waals surface area contributed by atoms with Crippen molar-refractivity contribution in [2.24, 2.45) is 5.92 Å². The molecule has 0 fully saturated rings. The standard InChI is InChI=1S/C11H11ClO3S/c1-7(5-13)10-6-16(14,15)11-4-8(12)2-3-9(10)11/h2-4,6-7,13H,5H2,1H3. The summed E-state index contributed by atoms with van der Waals surface area (Å²) in [6.07, 6.45) is 0. The average molecular weight is 259 g/mol. The number of aliphatic hydroxyl groups is 1. The smallest absolute Gasteiger partial charge is 0.200 e. The molecule has 5 heteroatoms. The van der Waals surface area contributed by atoms with Gasteiger partial charge in [0.2, 0.25) is 9.84 Å². The van der Waals surface area contributed by atoms with E-state index in [1.54, 1.807) is 19.1 Å². The van der Waals surface area contributed by atoms with Crippen molar-refractivity contribution >= 4 is 27.0 Å². The Morgan fingerprint density at radius 1 is 1.44 bits per heavy atom. The van der Waals surface area contributed by atoms with Crippen LogP contribution in [-0.4, -0.2) is 20.1 Å². The zero-order chi connectivity index (χ0) is 11.9. The summed E-state index contributed by atoms with van der Waals surface area (Å²) in [5.74, 6) is -0.197. The lowest BCUT2D eigenvalue weighted by Gasteiger charge is -2.10. The largest absolute Gasteiger partial charge is 0.396 e. The highest BCUT2D eigenvalue weighted by atomic mass is 35.5. The van der Waals surface area contributed by atoms with Crippen molar-refractivity contribution in [3.05, 3.63) is 34.2 Å². The summed E-state index contributed by atoms with van der Waals surface area (Å²) in [5, 5.41) is 10.7. The summed E-state index contributed by atoms with van der Waals surface area (Å²) < 4.78 is 23.6. The third-order valence-corrected chi connectivity index (χ3v) is 4.40. The Morgan fingerprint density at radius 2 is 2.12 bits per heavy atom. The van der Waals surface area contributed by atoms with Crippen molar-refractivity contribution in [1.82, 2.24) is 0 Å². The minimum atomic E-state index is -3.39. The van der Waals surface area contributed by atoms with Gasteiger partial charge in [-0.25, -0.2) is 8.42 Å². The van der Waals surface area contributed by atoms with Crippen molar-refractivity contribution in [1.29, 1.82) is 0 Å². The highest BCUT2D eigenvalue weighted by Crippen LogP contribution is 2.38. The molecule has 1 unspecified atom stereocenters. The van der Waals surface area contributed by atoms with Gasteiger partial charge in [0.25, 0.3) is 0 Å². The van der Waals surface area contributed by atoms with E-state index in [9.17, 15) is 8.42 Å². The third-order valence-electron chi connectivity index (χ3n) is 2.65. The van der Waals surface area contributed by atoms with Gasteiger partial charge in [-0.05, 0) is 23.3 Å². The normalized spacial score (nSPS) is 19.1. The SMILES string of the molecule is CC(CO)C1=CS(=O)(=O)c2cc(Cl)ccc21. The number of hydrogen-bond donors (Lipinski definition) is 1. The summed E-state index contributed by atoms with van der Waals surface area (Å²) in [6, 6.07) is 4.78. The van der Waals surface area contributed by atoms with Crippen LogP contribution in [0.2, 0.25) is 5.02 Å². The number of hydrogen-bond acceptors (Lipinski definition) is 3. The Bertz CT molecular complexity index is 561. The molecule has 0 radical (unpaired) electrons. The van der Waals surface area contributed by atoms with Crippen LogP contribution in [0.15, 0.2) is 28.5 Å². The number of rotatable bonds is 2. The topological polar surface area (TPSA) is 54.4 Å². The fourth-order valence-corrected chi connectivity index (χ4v) is 3.59. The second-order valence-electron chi connectivity index (χ2n) is 3.84. The van der Waals surface area contributed by atoms with Gasteiger partial charge in [-0.3, -0.25) is 0 Å². The maximum Gasteiger partial charge on any atom is 0.200 e. The quantitative estimate of drug-likeness (QED) is 0.884. The highest BCUT2D eigenvalue weighted by Gasteiger charge is 2.29. The van der Waals surface area contributed by atoms with Crippen LogP contribution >= 0.6 is 11.6 Å². The molecule has 3 nitrogen and oxygen atoms in total. The summed E-state index contributed by atoms with van der Waals surface area (Å²) in [5.41, 5.74) is 1.29.